The Morgan fingerprint density at radius 3 is 3.00 bits per heavy atom. The molecule has 13 heavy (non-hydrogen) atoms. The van der Waals surface area contributed by atoms with Crippen LogP contribution in [-0.4, -0.2) is 10.2 Å². The van der Waals surface area contributed by atoms with Crippen molar-refractivity contribution in [2.45, 2.75) is 18.8 Å². The second kappa shape index (κ2) is 2.70. The first-order valence-electron chi connectivity index (χ1n) is 4.48. The first kappa shape index (κ1) is 7.79. The van der Waals surface area contributed by atoms with Gasteiger partial charge in [-0.25, -0.2) is 0 Å². The van der Waals surface area contributed by atoms with Gasteiger partial charge in [0, 0.05) is 5.39 Å². The first-order chi connectivity index (χ1) is 6.34. The van der Waals surface area contributed by atoms with E-state index in [1.165, 1.54) is 29.3 Å². The summed E-state index contributed by atoms with van der Waals surface area (Å²) < 4.78 is 1.06. The van der Waals surface area contributed by atoms with Gasteiger partial charge in [0.05, 0.1) is 5.52 Å². The van der Waals surface area contributed by atoms with Gasteiger partial charge < -0.3 is 0 Å². The average molecular weight is 284 g/mol. The molecule has 0 saturated heterocycles. The second-order valence-electron chi connectivity index (χ2n) is 3.59. The molecule has 3 rings (SSSR count). The molecule has 0 aliphatic heterocycles. The molecule has 3 heteroatoms. The fraction of sp³-hybridized carbons (Fsp3) is 0.300. The Bertz CT molecular complexity index is 457. The molecule has 1 aromatic heterocycles. The molecule has 0 unspecified atom stereocenters. The third-order valence-electron chi connectivity index (χ3n) is 2.59. The number of aromatic amines is 1. The van der Waals surface area contributed by atoms with Gasteiger partial charge in [0.25, 0.3) is 0 Å². The Labute approximate surface area is 89.9 Å². The van der Waals surface area contributed by atoms with E-state index in [9.17, 15) is 0 Å². The van der Waals surface area contributed by atoms with Crippen LogP contribution in [0.15, 0.2) is 18.2 Å². The highest BCUT2D eigenvalue weighted by Crippen LogP contribution is 2.40. The quantitative estimate of drug-likeness (QED) is 0.801. The predicted molar refractivity (Wildman–Crippen MR) is 60.8 cm³/mol. The fourth-order valence-corrected chi connectivity index (χ4v) is 2.27. The molecule has 0 bridgehead atoms. The van der Waals surface area contributed by atoms with Gasteiger partial charge in [0.15, 0.2) is 0 Å². The van der Waals surface area contributed by atoms with E-state index in [4.69, 9.17) is 0 Å². The number of halogens is 1. The van der Waals surface area contributed by atoms with Crippen LogP contribution in [0, 0.1) is 3.70 Å². The molecule has 1 aliphatic carbocycles. The second-order valence-corrected chi connectivity index (χ2v) is 4.62. The van der Waals surface area contributed by atoms with Crippen molar-refractivity contribution in [3.63, 3.8) is 0 Å². The van der Waals surface area contributed by atoms with Crippen molar-refractivity contribution in [1.29, 1.82) is 0 Å². The summed E-state index contributed by atoms with van der Waals surface area (Å²) in [6, 6.07) is 6.65. The lowest BCUT2D eigenvalue weighted by Gasteiger charge is -1.96. The van der Waals surface area contributed by atoms with Gasteiger partial charge in [0.1, 0.15) is 3.70 Å². The van der Waals surface area contributed by atoms with Gasteiger partial charge >= 0.3 is 0 Å². The number of nitrogens with one attached hydrogen (secondary N) is 1. The molecule has 0 amide bonds. The minimum Gasteiger partial charge on any atom is -0.277 e. The fourth-order valence-electron chi connectivity index (χ4n) is 1.67. The number of benzene rings is 1. The maximum absolute atomic E-state index is 4.18. The molecule has 1 saturated carbocycles. The lowest BCUT2D eigenvalue weighted by molar-refractivity contribution is 1.09. The summed E-state index contributed by atoms with van der Waals surface area (Å²) in [7, 11) is 0. The zero-order valence-electron chi connectivity index (χ0n) is 7.05. The van der Waals surface area contributed by atoms with E-state index in [0.29, 0.717) is 0 Å². The maximum Gasteiger partial charge on any atom is 0.130 e. The molecule has 0 atom stereocenters. The lowest BCUT2D eigenvalue weighted by Crippen LogP contribution is -1.78. The Kier molecular flexibility index (Phi) is 1.62. The van der Waals surface area contributed by atoms with E-state index in [-0.39, 0.29) is 0 Å². The number of nitrogens with zero attached hydrogens (tertiary/aromatic N) is 1. The molecular formula is C10H9IN2. The molecular weight excluding hydrogens is 275 g/mol. The molecule has 1 heterocycles. The van der Waals surface area contributed by atoms with E-state index in [0.717, 1.165) is 9.62 Å². The SMILES string of the molecule is Ic1n[nH]c2cc(C3CC3)ccc12. The number of rotatable bonds is 1. The standard InChI is InChI=1S/C10H9IN2/c11-10-8-4-3-7(6-1-2-6)5-9(8)12-13-10/h3-6H,1-2H2,(H,12,13). The van der Waals surface area contributed by atoms with Gasteiger partial charge in [-0.1, -0.05) is 6.07 Å². The zero-order chi connectivity index (χ0) is 8.84. The molecule has 0 radical (unpaired) electrons. The van der Waals surface area contributed by atoms with Crippen LogP contribution >= 0.6 is 22.6 Å². The average Bonchev–Trinajstić information content (AvgIpc) is 2.93. The first-order valence-corrected chi connectivity index (χ1v) is 5.56. The zero-order valence-corrected chi connectivity index (χ0v) is 9.21. The molecule has 0 spiro atoms. The molecule has 2 nitrogen and oxygen atoms in total. The number of hydrogen-bond acceptors (Lipinski definition) is 1. The summed E-state index contributed by atoms with van der Waals surface area (Å²) in [5.74, 6) is 0.824. The molecule has 1 aromatic carbocycles. The summed E-state index contributed by atoms with van der Waals surface area (Å²) >= 11 is 2.26. The molecule has 1 aliphatic rings. The highest BCUT2D eigenvalue weighted by molar-refractivity contribution is 14.1. The van der Waals surface area contributed by atoms with E-state index < -0.39 is 0 Å². The Balaban J connectivity index is 2.21. The van der Waals surface area contributed by atoms with Crippen LogP contribution in [0.3, 0.4) is 0 Å². The molecule has 2 aromatic rings. The van der Waals surface area contributed by atoms with Crippen molar-refractivity contribution in [1.82, 2.24) is 10.2 Å². The Morgan fingerprint density at radius 2 is 2.23 bits per heavy atom. The third kappa shape index (κ3) is 1.25. The minimum absolute atomic E-state index is 0.824. The van der Waals surface area contributed by atoms with Crippen molar-refractivity contribution in [2.75, 3.05) is 0 Å². The Hall–Kier alpha value is -0.580. The number of fused-ring (bicyclic) bond motifs is 1. The van der Waals surface area contributed by atoms with Crippen LogP contribution < -0.4 is 0 Å². The van der Waals surface area contributed by atoms with Crippen molar-refractivity contribution in [3.05, 3.63) is 27.5 Å². The smallest absolute Gasteiger partial charge is 0.130 e. The van der Waals surface area contributed by atoms with Crippen LogP contribution in [-0.2, 0) is 0 Å². The normalized spacial score (nSPS) is 16.7. The van der Waals surface area contributed by atoms with Crippen LogP contribution in [0.25, 0.3) is 10.9 Å². The highest BCUT2D eigenvalue weighted by Gasteiger charge is 2.23. The van der Waals surface area contributed by atoms with Crippen molar-refractivity contribution < 1.29 is 0 Å². The number of aromatic nitrogens is 2. The van der Waals surface area contributed by atoms with Crippen LogP contribution in [0.4, 0.5) is 0 Å². The van der Waals surface area contributed by atoms with Crippen LogP contribution in [0.2, 0.25) is 0 Å². The summed E-state index contributed by atoms with van der Waals surface area (Å²) in [4.78, 5) is 0. The van der Waals surface area contributed by atoms with E-state index >= 15 is 0 Å². The summed E-state index contributed by atoms with van der Waals surface area (Å²) in [5.41, 5.74) is 2.64. The number of H-pyrrole nitrogens is 1. The summed E-state index contributed by atoms with van der Waals surface area (Å²) in [6.45, 7) is 0. The van der Waals surface area contributed by atoms with Gasteiger partial charge in [-0.3, -0.25) is 5.10 Å². The van der Waals surface area contributed by atoms with Crippen molar-refractivity contribution >= 4 is 33.5 Å². The molecule has 1 fully saturated rings. The van der Waals surface area contributed by atoms with Crippen LogP contribution in [0.1, 0.15) is 24.3 Å². The highest BCUT2D eigenvalue weighted by atomic mass is 127. The van der Waals surface area contributed by atoms with E-state index in [2.05, 4.69) is 51.0 Å². The van der Waals surface area contributed by atoms with E-state index in [1.54, 1.807) is 0 Å². The minimum atomic E-state index is 0.824. The third-order valence-corrected chi connectivity index (χ3v) is 3.41. The molecule has 1 N–H and O–H groups in total. The van der Waals surface area contributed by atoms with Crippen LogP contribution in [0.5, 0.6) is 0 Å². The predicted octanol–water partition coefficient (Wildman–Crippen LogP) is 3.04. The topological polar surface area (TPSA) is 28.7 Å². The monoisotopic (exact) mass is 284 g/mol. The van der Waals surface area contributed by atoms with Gasteiger partial charge in [0.2, 0.25) is 0 Å². The Morgan fingerprint density at radius 1 is 1.38 bits per heavy atom. The van der Waals surface area contributed by atoms with E-state index in [1.807, 2.05) is 0 Å². The lowest BCUT2D eigenvalue weighted by atomic mass is 10.1. The molecule has 66 valence electrons. The largest absolute Gasteiger partial charge is 0.277 e. The number of hydrogen-bond donors (Lipinski definition) is 1. The summed E-state index contributed by atoms with van der Waals surface area (Å²) in [5, 5.41) is 8.47. The van der Waals surface area contributed by atoms with Gasteiger partial charge in [-0.15, -0.1) is 0 Å². The summed E-state index contributed by atoms with van der Waals surface area (Å²) in [6.07, 6.45) is 2.72. The van der Waals surface area contributed by atoms with Crippen molar-refractivity contribution in [3.8, 4) is 0 Å². The maximum atomic E-state index is 4.18. The van der Waals surface area contributed by atoms with Gasteiger partial charge in [-0.05, 0) is 59.0 Å². The van der Waals surface area contributed by atoms with Gasteiger partial charge in [-0.2, -0.15) is 5.10 Å². The van der Waals surface area contributed by atoms with Crippen molar-refractivity contribution in [2.24, 2.45) is 0 Å².